The van der Waals surface area contributed by atoms with Gasteiger partial charge < -0.3 is 14.4 Å². The van der Waals surface area contributed by atoms with Gasteiger partial charge in [0.05, 0.1) is 10.1 Å². The first-order chi connectivity index (χ1) is 24.2. The molecule has 4 aliphatic rings. The van der Waals surface area contributed by atoms with E-state index in [2.05, 4.69) is 45.1 Å². The van der Waals surface area contributed by atoms with Crippen molar-refractivity contribution >= 4 is 21.3 Å². The number of piperidine rings is 1. The first-order valence-corrected chi connectivity index (χ1v) is 20.5. The van der Waals surface area contributed by atoms with Gasteiger partial charge in [-0.05, 0) is 117 Å². The molecule has 1 aromatic heterocycles. The van der Waals surface area contributed by atoms with Crippen LogP contribution >= 0.6 is 0 Å². The largest absolute Gasteiger partial charge is 0.371 e. The lowest BCUT2D eigenvalue weighted by Crippen LogP contribution is -2.55. The molecule has 0 bridgehead atoms. The van der Waals surface area contributed by atoms with Gasteiger partial charge in [0, 0.05) is 68.4 Å². The van der Waals surface area contributed by atoms with Crippen LogP contribution in [-0.2, 0) is 33.0 Å². The maximum absolute atomic E-state index is 15.1. The molecule has 3 heterocycles. The zero-order valence-corrected chi connectivity index (χ0v) is 30.4. The average molecular weight is 701 g/mol. The van der Waals surface area contributed by atoms with E-state index in [1.54, 1.807) is 24.3 Å². The Morgan fingerprint density at radius 1 is 1.02 bits per heavy atom. The molecule has 0 amide bonds. The Morgan fingerprint density at radius 2 is 1.76 bits per heavy atom. The molecular weight excluding hydrogens is 648 g/mol. The Bertz CT molecular complexity index is 1760. The number of ketones is 1. The molecule has 9 heteroatoms. The number of carbonyl (C=O) groups is 1. The van der Waals surface area contributed by atoms with Crippen LogP contribution in [0.4, 0.5) is 10.1 Å². The van der Waals surface area contributed by atoms with Crippen LogP contribution in [0.25, 0.3) is 0 Å². The number of imidazole rings is 1. The van der Waals surface area contributed by atoms with Crippen LogP contribution in [0.1, 0.15) is 76.1 Å². The Morgan fingerprint density at radius 3 is 2.42 bits per heavy atom. The molecule has 7 nitrogen and oxygen atoms in total. The summed E-state index contributed by atoms with van der Waals surface area (Å²) in [4.78, 5) is 22.9. The Hall–Kier alpha value is -3.30. The van der Waals surface area contributed by atoms with Gasteiger partial charge in [0.1, 0.15) is 11.6 Å². The molecule has 7 rings (SSSR count). The third-order valence-electron chi connectivity index (χ3n) is 12.7. The van der Waals surface area contributed by atoms with E-state index in [4.69, 9.17) is 0 Å². The predicted molar refractivity (Wildman–Crippen MR) is 196 cm³/mol. The number of sulfone groups is 1. The molecule has 3 atom stereocenters. The van der Waals surface area contributed by atoms with Crippen molar-refractivity contribution in [3.63, 3.8) is 0 Å². The minimum absolute atomic E-state index is 0.103. The van der Waals surface area contributed by atoms with Gasteiger partial charge in [-0.25, -0.2) is 17.8 Å². The number of anilines is 1. The monoisotopic (exact) mass is 700 g/mol. The van der Waals surface area contributed by atoms with E-state index in [1.807, 2.05) is 24.4 Å². The Kier molecular flexibility index (Phi) is 10.4. The number of hydrogen-bond donors (Lipinski definition) is 0. The third-order valence-corrected chi connectivity index (χ3v) is 15.0. The van der Waals surface area contributed by atoms with Gasteiger partial charge in [0.2, 0.25) is 0 Å². The normalized spacial score (nSPS) is 23.7. The summed E-state index contributed by atoms with van der Waals surface area (Å²) in [5.41, 5.74) is 1.84. The number of nitrogens with zero attached hydrogens (tertiary/aromatic N) is 4. The summed E-state index contributed by atoms with van der Waals surface area (Å²) in [5, 5.41) is -0.203. The van der Waals surface area contributed by atoms with Crippen molar-refractivity contribution in [1.82, 2.24) is 14.5 Å². The van der Waals surface area contributed by atoms with E-state index in [0.717, 1.165) is 114 Å². The fourth-order valence-electron chi connectivity index (χ4n) is 9.86. The van der Waals surface area contributed by atoms with Crippen molar-refractivity contribution in [2.24, 2.45) is 23.7 Å². The smallest absolute Gasteiger partial charge is 0.181 e. The summed E-state index contributed by atoms with van der Waals surface area (Å²) in [6.07, 6.45) is 14.5. The molecule has 50 heavy (non-hydrogen) atoms. The van der Waals surface area contributed by atoms with Crippen LogP contribution in [0.3, 0.4) is 0 Å². The van der Waals surface area contributed by atoms with Crippen LogP contribution in [0.15, 0.2) is 78.5 Å². The van der Waals surface area contributed by atoms with E-state index in [-0.39, 0.29) is 34.1 Å². The fraction of sp³-hybridized carbons (Fsp3) is 0.561. The maximum atomic E-state index is 15.1. The molecule has 0 radical (unpaired) electrons. The van der Waals surface area contributed by atoms with E-state index >= 15 is 4.39 Å². The summed E-state index contributed by atoms with van der Waals surface area (Å²) in [7, 11) is -3.20. The van der Waals surface area contributed by atoms with Gasteiger partial charge in [-0.3, -0.25) is 4.79 Å². The van der Waals surface area contributed by atoms with E-state index in [1.165, 1.54) is 6.08 Å². The minimum atomic E-state index is -3.20. The van der Waals surface area contributed by atoms with Crippen LogP contribution in [0.5, 0.6) is 0 Å². The van der Waals surface area contributed by atoms with Gasteiger partial charge in [-0.15, -0.1) is 0 Å². The van der Waals surface area contributed by atoms with Crippen LogP contribution in [-0.4, -0.2) is 66.6 Å². The summed E-state index contributed by atoms with van der Waals surface area (Å²) in [6, 6.07) is 14.9. The van der Waals surface area contributed by atoms with Crippen molar-refractivity contribution in [2.75, 3.05) is 37.6 Å². The maximum Gasteiger partial charge on any atom is 0.181 e. The molecule has 0 N–H and O–H groups in total. The number of hydrogen-bond acceptors (Lipinski definition) is 6. The zero-order chi connectivity index (χ0) is 34.9. The van der Waals surface area contributed by atoms with Crippen molar-refractivity contribution in [3.05, 3.63) is 90.8 Å². The van der Waals surface area contributed by atoms with Crippen molar-refractivity contribution in [2.45, 2.75) is 93.2 Å². The summed E-state index contributed by atoms with van der Waals surface area (Å²) >= 11 is 0. The first-order valence-electron chi connectivity index (χ1n) is 18.9. The molecular formula is C41H53FN4O3S. The van der Waals surface area contributed by atoms with Crippen LogP contribution in [0.2, 0.25) is 0 Å². The number of carbonyl (C=O) groups excluding carboxylic acids is 1. The molecule has 2 aromatic carbocycles. The lowest BCUT2D eigenvalue weighted by atomic mass is 9.56. The second-order valence-corrected chi connectivity index (χ2v) is 17.7. The minimum Gasteiger partial charge on any atom is -0.371 e. The van der Waals surface area contributed by atoms with Gasteiger partial charge in [0.25, 0.3) is 0 Å². The van der Waals surface area contributed by atoms with Gasteiger partial charge in [-0.1, -0.05) is 38.5 Å². The molecule has 268 valence electrons. The van der Waals surface area contributed by atoms with E-state index < -0.39 is 9.84 Å². The zero-order valence-electron chi connectivity index (χ0n) is 29.6. The van der Waals surface area contributed by atoms with E-state index in [0.29, 0.717) is 23.2 Å². The third kappa shape index (κ3) is 6.84. The number of rotatable bonds is 14. The van der Waals surface area contributed by atoms with Gasteiger partial charge in [0.15, 0.2) is 15.6 Å². The number of halogens is 1. The lowest BCUT2D eigenvalue weighted by Gasteiger charge is -2.52. The van der Waals surface area contributed by atoms with Gasteiger partial charge >= 0.3 is 0 Å². The molecule has 4 fully saturated rings. The molecule has 0 spiro atoms. The molecule has 2 aliphatic heterocycles. The topological polar surface area (TPSA) is 75.5 Å². The highest BCUT2D eigenvalue weighted by molar-refractivity contribution is 7.92. The molecule has 2 aliphatic carbocycles. The number of likely N-dealkylation sites (tertiary alicyclic amines) is 1. The Labute approximate surface area is 297 Å². The molecule has 2 saturated heterocycles. The average Bonchev–Trinajstić information content (AvgIpc) is 3.73. The fourth-order valence-corrected chi connectivity index (χ4v) is 11.7. The molecule has 2 saturated carbocycles. The number of allylic oxidation sites excluding steroid dienone is 1. The molecule has 0 unspecified atom stereocenters. The van der Waals surface area contributed by atoms with Crippen molar-refractivity contribution < 1.29 is 17.6 Å². The highest BCUT2D eigenvalue weighted by Gasteiger charge is 2.52. The lowest BCUT2D eigenvalue weighted by molar-refractivity contribution is -0.116. The van der Waals surface area contributed by atoms with Gasteiger partial charge in [-0.2, -0.15) is 0 Å². The van der Waals surface area contributed by atoms with Crippen molar-refractivity contribution in [1.29, 1.82) is 0 Å². The standard InChI is InChI=1S/C41H53FN4O3S/c1-3-36(47)24-31-8-5-13-39(31)41(33-9-6-10-34(42)25-33,29-45-23-20-43-40(45)4-2)32-18-21-44(22-19-32)26-30-27-46(28-30)35-14-16-38(17-15-35)50(48,49)37-11-7-12-37/h3,6,9-10,14-17,20,23,25,30-32,37,39H,1,4-5,7-8,11-13,18-19,21-22,24,26-29H2,2H3/t31-,39+,41+/m1/s1. The SMILES string of the molecule is C=CC(=O)C[C@H]1CCC[C@@H]1[C@](Cn1ccnc1CC)(c1cccc(F)c1)C1CCN(CC2CN(c3ccc(S(=O)(=O)C4CCC4)cc3)C2)CC1. The van der Waals surface area contributed by atoms with Crippen LogP contribution < -0.4 is 4.90 Å². The number of aryl methyl sites for hydroxylation is 1. The highest BCUT2D eigenvalue weighted by Crippen LogP contribution is 2.54. The highest BCUT2D eigenvalue weighted by atomic mass is 32.2. The second kappa shape index (κ2) is 14.7. The first kappa shape index (κ1) is 35.1. The molecule has 3 aromatic rings. The second-order valence-electron chi connectivity index (χ2n) is 15.5. The predicted octanol–water partition coefficient (Wildman–Crippen LogP) is 7.26. The quantitative estimate of drug-likeness (QED) is 0.165. The van der Waals surface area contributed by atoms with Crippen LogP contribution in [0, 0.1) is 29.5 Å². The van der Waals surface area contributed by atoms with E-state index in [9.17, 15) is 13.2 Å². The summed E-state index contributed by atoms with van der Waals surface area (Å²) < 4.78 is 43.1. The number of aromatic nitrogens is 2. The summed E-state index contributed by atoms with van der Waals surface area (Å²) in [5.74, 6) is 2.35. The summed E-state index contributed by atoms with van der Waals surface area (Å²) in [6.45, 7) is 11.7. The Balaban J connectivity index is 1.06. The number of benzene rings is 2. The van der Waals surface area contributed by atoms with Crippen molar-refractivity contribution in [3.8, 4) is 0 Å².